The first-order valence-electron chi connectivity index (χ1n) is 7.34. The Bertz CT molecular complexity index is 834. The summed E-state index contributed by atoms with van der Waals surface area (Å²) in [7, 11) is -3.57. The van der Waals surface area contributed by atoms with Gasteiger partial charge in [-0.1, -0.05) is 30.3 Å². The van der Waals surface area contributed by atoms with Gasteiger partial charge < -0.3 is 0 Å². The van der Waals surface area contributed by atoms with Gasteiger partial charge in [0.15, 0.2) is 5.78 Å². The van der Waals surface area contributed by atoms with Crippen molar-refractivity contribution in [2.75, 3.05) is 16.6 Å². The van der Waals surface area contributed by atoms with Gasteiger partial charge in [0.1, 0.15) is 5.82 Å². The first kappa shape index (κ1) is 15.7. The summed E-state index contributed by atoms with van der Waals surface area (Å²) in [5.74, 6) is -0.822. The molecule has 1 aliphatic heterocycles. The second-order valence-corrected chi connectivity index (χ2v) is 7.47. The standard InChI is InChI=1S/C17H16FNO3S/c18-14-6-7-16-15(12-14)17(20)8-10-19(16)23(21,22)11-9-13-4-2-1-3-5-13/h1-7,12H,8-11H2. The minimum absolute atomic E-state index is 0.0536. The molecule has 0 atom stereocenters. The summed E-state index contributed by atoms with van der Waals surface area (Å²) >= 11 is 0. The highest BCUT2D eigenvalue weighted by Gasteiger charge is 2.31. The van der Waals surface area contributed by atoms with Crippen molar-refractivity contribution in [2.24, 2.45) is 0 Å². The van der Waals surface area contributed by atoms with Crippen LogP contribution in [0, 0.1) is 5.82 Å². The summed E-state index contributed by atoms with van der Waals surface area (Å²) in [4.78, 5) is 11.9. The Kier molecular flexibility index (Phi) is 4.17. The summed E-state index contributed by atoms with van der Waals surface area (Å²) in [6.07, 6.45) is 0.463. The van der Waals surface area contributed by atoms with Gasteiger partial charge >= 0.3 is 0 Å². The topological polar surface area (TPSA) is 54.5 Å². The largest absolute Gasteiger partial charge is 0.294 e. The summed E-state index contributed by atoms with van der Waals surface area (Å²) < 4.78 is 39.8. The van der Waals surface area contributed by atoms with Gasteiger partial charge in [0.2, 0.25) is 10.0 Å². The monoisotopic (exact) mass is 333 g/mol. The number of hydrogen-bond acceptors (Lipinski definition) is 3. The Balaban J connectivity index is 1.86. The number of benzene rings is 2. The van der Waals surface area contributed by atoms with Crippen LogP contribution in [0.3, 0.4) is 0 Å². The van der Waals surface area contributed by atoms with Gasteiger partial charge in [-0.05, 0) is 30.2 Å². The molecule has 1 aliphatic rings. The second-order valence-electron chi connectivity index (χ2n) is 5.46. The van der Waals surface area contributed by atoms with Crippen molar-refractivity contribution in [3.8, 4) is 0 Å². The van der Waals surface area contributed by atoms with Crippen LogP contribution in [-0.2, 0) is 16.4 Å². The van der Waals surface area contributed by atoms with Crippen molar-refractivity contribution >= 4 is 21.5 Å². The van der Waals surface area contributed by atoms with E-state index in [1.165, 1.54) is 16.4 Å². The summed E-state index contributed by atoms with van der Waals surface area (Å²) in [5.41, 5.74) is 1.35. The molecule has 0 radical (unpaired) electrons. The fraction of sp³-hybridized carbons (Fsp3) is 0.235. The zero-order valence-electron chi connectivity index (χ0n) is 12.4. The third-order valence-electron chi connectivity index (χ3n) is 3.90. The molecule has 0 bridgehead atoms. The maximum Gasteiger partial charge on any atom is 0.235 e. The first-order valence-corrected chi connectivity index (χ1v) is 8.95. The lowest BCUT2D eigenvalue weighted by molar-refractivity contribution is 0.0981. The number of halogens is 1. The number of nitrogens with zero attached hydrogens (tertiary/aromatic N) is 1. The van der Waals surface area contributed by atoms with Crippen molar-refractivity contribution in [1.29, 1.82) is 0 Å². The van der Waals surface area contributed by atoms with E-state index in [1.807, 2.05) is 30.3 Å². The fourth-order valence-corrected chi connectivity index (χ4v) is 4.24. The maximum absolute atomic E-state index is 13.3. The van der Waals surface area contributed by atoms with E-state index < -0.39 is 15.8 Å². The number of Topliss-reactive ketones (excluding diaryl/α,β-unsaturated/α-hetero) is 1. The number of carbonyl (C=O) groups excluding carboxylic acids is 1. The van der Waals surface area contributed by atoms with Gasteiger partial charge in [0, 0.05) is 18.5 Å². The fourth-order valence-electron chi connectivity index (χ4n) is 2.70. The van der Waals surface area contributed by atoms with Crippen molar-refractivity contribution < 1.29 is 17.6 Å². The van der Waals surface area contributed by atoms with Gasteiger partial charge in [0.05, 0.1) is 11.4 Å². The number of carbonyl (C=O) groups is 1. The predicted molar refractivity (Wildman–Crippen MR) is 86.6 cm³/mol. The van der Waals surface area contributed by atoms with Crippen LogP contribution in [0.2, 0.25) is 0 Å². The minimum atomic E-state index is -3.57. The van der Waals surface area contributed by atoms with E-state index in [4.69, 9.17) is 0 Å². The predicted octanol–water partition coefficient (Wildman–Crippen LogP) is 2.79. The molecule has 2 aromatic rings. The molecule has 2 aromatic carbocycles. The number of ketones is 1. The number of aryl methyl sites for hydroxylation is 1. The zero-order valence-corrected chi connectivity index (χ0v) is 13.2. The molecule has 1 heterocycles. The van der Waals surface area contributed by atoms with E-state index in [0.717, 1.165) is 11.6 Å². The molecule has 4 nitrogen and oxygen atoms in total. The average molecular weight is 333 g/mol. The van der Waals surface area contributed by atoms with Crippen LogP contribution >= 0.6 is 0 Å². The molecule has 120 valence electrons. The van der Waals surface area contributed by atoms with E-state index in [-0.39, 0.29) is 35.8 Å². The Morgan fingerprint density at radius 3 is 2.57 bits per heavy atom. The number of rotatable bonds is 4. The van der Waals surface area contributed by atoms with Crippen LogP contribution in [0.1, 0.15) is 22.3 Å². The summed E-state index contributed by atoms with van der Waals surface area (Å²) in [6.45, 7) is 0.106. The highest BCUT2D eigenvalue weighted by Crippen LogP contribution is 2.30. The summed E-state index contributed by atoms with van der Waals surface area (Å²) in [5, 5.41) is 0. The van der Waals surface area contributed by atoms with E-state index >= 15 is 0 Å². The van der Waals surface area contributed by atoms with E-state index in [2.05, 4.69) is 0 Å². The molecule has 0 aromatic heterocycles. The molecule has 0 N–H and O–H groups in total. The van der Waals surface area contributed by atoms with Crippen LogP contribution in [0.4, 0.5) is 10.1 Å². The number of anilines is 1. The molecular weight excluding hydrogens is 317 g/mol. The Morgan fingerprint density at radius 2 is 1.83 bits per heavy atom. The molecule has 0 aliphatic carbocycles. The third kappa shape index (κ3) is 3.27. The minimum Gasteiger partial charge on any atom is -0.294 e. The van der Waals surface area contributed by atoms with Gasteiger partial charge in [0.25, 0.3) is 0 Å². The Hall–Kier alpha value is -2.21. The first-order chi connectivity index (χ1) is 11.0. The summed E-state index contributed by atoms with van der Waals surface area (Å²) in [6, 6.07) is 13.0. The second kappa shape index (κ2) is 6.12. The molecule has 0 amide bonds. The quantitative estimate of drug-likeness (QED) is 0.864. The number of hydrogen-bond donors (Lipinski definition) is 0. The van der Waals surface area contributed by atoms with Crippen LogP contribution in [0.15, 0.2) is 48.5 Å². The highest BCUT2D eigenvalue weighted by molar-refractivity contribution is 7.92. The van der Waals surface area contributed by atoms with Crippen molar-refractivity contribution in [3.63, 3.8) is 0 Å². The lowest BCUT2D eigenvalue weighted by Gasteiger charge is -2.29. The lowest BCUT2D eigenvalue weighted by atomic mass is 10.0. The molecule has 0 saturated carbocycles. The van der Waals surface area contributed by atoms with Crippen molar-refractivity contribution in [2.45, 2.75) is 12.8 Å². The van der Waals surface area contributed by atoms with Crippen LogP contribution < -0.4 is 4.31 Å². The lowest BCUT2D eigenvalue weighted by Crippen LogP contribution is -2.39. The van der Waals surface area contributed by atoms with E-state index in [0.29, 0.717) is 6.42 Å². The van der Waals surface area contributed by atoms with E-state index in [1.54, 1.807) is 0 Å². The van der Waals surface area contributed by atoms with Gasteiger partial charge in [-0.3, -0.25) is 9.10 Å². The van der Waals surface area contributed by atoms with Gasteiger partial charge in [-0.15, -0.1) is 0 Å². The highest BCUT2D eigenvalue weighted by atomic mass is 32.2. The van der Waals surface area contributed by atoms with Crippen LogP contribution in [-0.4, -0.2) is 26.5 Å². The number of fused-ring (bicyclic) bond motifs is 1. The smallest absolute Gasteiger partial charge is 0.235 e. The molecule has 0 spiro atoms. The van der Waals surface area contributed by atoms with Gasteiger partial charge in [-0.2, -0.15) is 0 Å². The molecular formula is C17H16FNO3S. The van der Waals surface area contributed by atoms with Gasteiger partial charge in [-0.25, -0.2) is 12.8 Å². The normalized spacial score (nSPS) is 14.7. The van der Waals surface area contributed by atoms with E-state index in [9.17, 15) is 17.6 Å². The van der Waals surface area contributed by atoms with Crippen LogP contribution in [0.5, 0.6) is 0 Å². The van der Waals surface area contributed by atoms with Crippen molar-refractivity contribution in [1.82, 2.24) is 0 Å². The molecule has 0 fully saturated rings. The Labute approximate surface area is 134 Å². The molecule has 23 heavy (non-hydrogen) atoms. The van der Waals surface area contributed by atoms with Crippen molar-refractivity contribution in [3.05, 3.63) is 65.5 Å². The maximum atomic E-state index is 13.3. The SMILES string of the molecule is O=C1CCN(S(=O)(=O)CCc2ccccc2)c2ccc(F)cc21. The average Bonchev–Trinajstić information content (AvgIpc) is 2.55. The Morgan fingerprint density at radius 1 is 1.09 bits per heavy atom. The third-order valence-corrected chi connectivity index (χ3v) is 5.67. The number of sulfonamides is 1. The molecule has 6 heteroatoms. The zero-order chi connectivity index (χ0) is 16.4. The molecule has 3 rings (SSSR count). The molecule has 0 saturated heterocycles. The van der Waals surface area contributed by atoms with Crippen LogP contribution in [0.25, 0.3) is 0 Å². The molecule has 0 unspecified atom stereocenters.